The van der Waals surface area contributed by atoms with Gasteiger partial charge in [0.1, 0.15) is 24.2 Å². The number of aryl methyl sites for hydroxylation is 1. The molecule has 0 aliphatic carbocycles. The molecule has 2 N–H and O–H groups in total. The number of hydrogen-bond donors (Lipinski definition) is 2. The molecule has 10 nitrogen and oxygen atoms in total. The van der Waals surface area contributed by atoms with Crippen molar-refractivity contribution in [1.82, 2.24) is 19.5 Å². The minimum absolute atomic E-state index is 0.0597. The van der Waals surface area contributed by atoms with Crippen molar-refractivity contribution >= 4 is 23.1 Å². The zero-order valence-electron chi connectivity index (χ0n) is 22.7. The number of piperidine rings is 1. The predicted molar refractivity (Wildman–Crippen MR) is 151 cm³/mol. The predicted octanol–water partition coefficient (Wildman–Crippen LogP) is 4.22. The molecule has 0 spiro atoms. The number of nitrogens with zero attached hydrogens (tertiary/aromatic N) is 6. The minimum atomic E-state index is -1.00. The lowest BCUT2D eigenvalue weighted by Gasteiger charge is -2.56. The van der Waals surface area contributed by atoms with E-state index in [0.717, 1.165) is 47.8 Å². The Bertz CT molecular complexity index is 1590. The van der Waals surface area contributed by atoms with Gasteiger partial charge in [0.25, 0.3) is 0 Å². The summed E-state index contributed by atoms with van der Waals surface area (Å²) in [6, 6.07) is 17.8. The summed E-state index contributed by atoms with van der Waals surface area (Å²) in [6.07, 6.45) is 4.34. The van der Waals surface area contributed by atoms with E-state index in [2.05, 4.69) is 21.4 Å². The van der Waals surface area contributed by atoms with E-state index < -0.39 is 5.60 Å². The van der Waals surface area contributed by atoms with Crippen molar-refractivity contribution in [2.75, 3.05) is 29.9 Å². The highest BCUT2D eigenvalue weighted by molar-refractivity contribution is 5.90. The number of rotatable bonds is 6. The quantitative estimate of drug-likeness (QED) is 0.378. The first kappa shape index (κ1) is 25.6. The van der Waals surface area contributed by atoms with Crippen molar-refractivity contribution in [2.24, 2.45) is 0 Å². The van der Waals surface area contributed by atoms with E-state index in [4.69, 9.17) is 9.72 Å². The second-order valence-corrected chi connectivity index (χ2v) is 11.1. The van der Waals surface area contributed by atoms with Crippen LogP contribution in [-0.4, -0.2) is 68.0 Å². The van der Waals surface area contributed by atoms with Gasteiger partial charge in [-0.15, -0.1) is 0 Å². The number of anilines is 2. The minimum Gasteiger partial charge on any atom is -0.489 e. The van der Waals surface area contributed by atoms with Crippen LogP contribution in [0.5, 0.6) is 5.75 Å². The molecule has 204 valence electrons. The zero-order chi connectivity index (χ0) is 28.0. The zero-order valence-corrected chi connectivity index (χ0v) is 22.7. The Hall–Kier alpha value is -4.62. The molecule has 3 aliphatic heterocycles. The fraction of sp³-hybridized carbons (Fsp3) is 0.333. The van der Waals surface area contributed by atoms with Crippen molar-refractivity contribution in [1.29, 1.82) is 5.26 Å². The van der Waals surface area contributed by atoms with E-state index >= 15 is 0 Å². The van der Waals surface area contributed by atoms with Gasteiger partial charge in [-0.1, -0.05) is 18.2 Å². The van der Waals surface area contributed by atoms with Gasteiger partial charge in [-0.05, 0) is 57.5 Å². The normalized spacial score (nSPS) is 18.3. The largest absolute Gasteiger partial charge is 0.489 e. The monoisotopic (exact) mass is 537 g/mol. The molecule has 2 bridgehead atoms. The van der Waals surface area contributed by atoms with E-state index in [-0.39, 0.29) is 24.7 Å². The number of ether oxygens (including phenoxy) is 1. The molecule has 3 fully saturated rings. The molecular formula is C30H31N7O3. The van der Waals surface area contributed by atoms with Gasteiger partial charge in [0, 0.05) is 36.1 Å². The van der Waals surface area contributed by atoms with Crippen LogP contribution in [-0.2, 0) is 0 Å². The molecule has 0 radical (unpaired) electrons. The molecule has 0 saturated carbocycles. The summed E-state index contributed by atoms with van der Waals surface area (Å²) in [5.74, 6) is 1.42. The lowest BCUT2D eigenvalue weighted by Crippen LogP contribution is -2.71. The van der Waals surface area contributed by atoms with Crippen LogP contribution in [0.4, 0.5) is 16.3 Å². The molecule has 2 amide bonds. The van der Waals surface area contributed by atoms with E-state index in [1.807, 2.05) is 60.4 Å². The number of benzene rings is 1. The van der Waals surface area contributed by atoms with Crippen LogP contribution in [0.25, 0.3) is 16.6 Å². The Morgan fingerprint density at radius 2 is 1.93 bits per heavy atom. The number of pyridine rings is 2. The topological polar surface area (TPSA) is 119 Å². The van der Waals surface area contributed by atoms with E-state index in [1.54, 1.807) is 30.8 Å². The third kappa shape index (κ3) is 4.69. The van der Waals surface area contributed by atoms with Crippen LogP contribution in [0.3, 0.4) is 0 Å². The number of carbonyl (C=O) groups is 1. The van der Waals surface area contributed by atoms with Gasteiger partial charge in [-0.2, -0.15) is 10.4 Å². The molecular weight excluding hydrogens is 506 g/mol. The number of carbonyl (C=O) groups excluding carboxylic acids is 1. The third-order valence-corrected chi connectivity index (χ3v) is 7.51. The van der Waals surface area contributed by atoms with Crippen LogP contribution in [0.15, 0.2) is 60.9 Å². The van der Waals surface area contributed by atoms with Gasteiger partial charge in [-0.3, -0.25) is 0 Å². The summed E-state index contributed by atoms with van der Waals surface area (Å²) in [4.78, 5) is 21.8. The number of amides is 2. The number of aromatic nitrogens is 3. The average molecular weight is 538 g/mol. The van der Waals surface area contributed by atoms with Crippen LogP contribution in [0.1, 0.15) is 31.5 Å². The summed E-state index contributed by atoms with van der Waals surface area (Å²) < 4.78 is 7.66. The first-order valence-electron chi connectivity index (χ1n) is 13.3. The molecule has 2 unspecified atom stereocenters. The number of para-hydroxylation sites is 1. The smallest absolute Gasteiger partial charge is 0.322 e. The molecule has 40 heavy (non-hydrogen) atoms. The number of fused-ring (bicyclic) bond motifs is 3. The van der Waals surface area contributed by atoms with E-state index in [1.165, 1.54) is 0 Å². The van der Waals surface area contributed by atoms with Gasteiger partial charge in [0.15, 0.2) is 0 Å². The molecule has 2 atom stereocenters. The van der Waals surface area contributed by atoms with Gasteiger partial charge in [0.2, 0.25) is 0 Å². The number of hydrogen-bond acceptors (Lipinski definition) is 7. The molecule has 3 aliphatic rings. The third-order valence-electron chi connectivity index (χ3n) is 7.51. The highest BCUT2D eigenvalue weighted by Gasteiger charge is 2.47. The standard InChI is InChI=1S/C30H31N7O3/c1-19-26(40-18-30(2,3)39)12-25(28-21(13-31)15-33-37(19)28)20-9-10-27(32-14-20)35-16-23-11-24(17-35)36(23)29(38)34-22-7-5-4-6-8-22/h4-10,12,14-15,23-24,39H,11,16-18H2,1-3H3,(H,34,38). The lowest BCUT2D eigenvalue weighted by atomic mass is 9.88. The molecule has 10 heteroatoms. The van der Waals surface area contributed by atoms with E-state index in [9.17, 15) is 15.2 Å². The van der Waals surface area contributed by atoms with Crippen LogP contribution in [0.2, 0.25) is 0 Å². The number of aliphatic hydroxyl groups is 1. The van der Waals surface area contributed by atoms with Gasteiger partial charge < -0.3 is 25.0 Å². The molecule has 3 aromatic heterocycles. The molecule has 6 heterocycles. The molecule has 1 aromatic carbocycles. The number of urea groups is 1. The Labute approximate surface area is 232 Å². The highest BCUT2D eigenvalue weighted by Crippen LogP contribution is 2.37. The number of nitrogens with one attached hydrogen (secondary N) is 1. The Kier molecular flexibility index (Phi) is 6.31. The average Bonchev–Trinajstić information content (AvgIpc) is 3.38. The second kappa shape index (κ2) is 9.84. The number of piperazine rings is 1. The highest BCUT2D eigenvalue weighted by atomic mass is 16.5. The Balaban J connectivity index is 1.22. The van der Waals surface area contributed by atoms with Gasteiger partial charge >= 0.3 is 6.03 Å². The fourth-order valence-corrected chi connectivity index (χ4v) is 5.54. The molecule has 4 aromatic rings. The summed E-state index contributed by atoms with van der Waals surface area (Å²) in [5, 5.41) is 27.3. The van der Waals surface area contributed by atoms with Crippen LogP contribution >= 0.6 is 0 Å². The summed E-state index contributed by atoms with van der Waals surface area (Å²) in [5.41, 5.74) is 3.27. The second-order valence-electron chi connectivity index (χ2n) is 11.1. The van der Waals surface area contributed by atoms with Crippen LogP contribution < -0.4 is 15.0 Å². The molecule has 7 rings (SSSR count). The SMILES string of the molecule is Cc1c(OCC(C)(C)O)cc(-c2ccc(N3CC4CC(C3)N4C(=O)Nc3ccccc3)nc2)c2c(C#N)cnn12. The lowest BCUT2D eigenvalue weighted by molar-refractivity contribution is 0.0280. The van der Waals surface area contributed by atoms with Crippen molar-refractivity contribution in [3.05, 3.63) is 72.2 Å². The van der Waals surface area contributed by atoms with Crippen LogP contribution in [0, 0.1) is 18.3 Å². The maximum atomic E-state index is 12.9. The fourth-order valence-electron chi connectivity index (χ4n) is 5.54. The number of nitriles is 1. The van der Waals surface area contributed by atoms with Crippen molar-refractivity contribution in [3.63, 3.8) is 0 Å². The maximum absolute atomic E-state index is 12.9. The van der Waals surface area contributed by atoms with Crippen molar-refractivity contribution in [3.8, 4) is 22.9 Å². The molecule has 3 saturated heterocycles. The summed E-state index contributed by atoms with van der Waals surface area (Å²) in [7, 11) is 0. The Morgan fingerprint density at radius 3 is 2.58 bits per heavy atom. The van der Waals surface area contributed by atoms with Crippen molar-refractivity contribution in [2.45, 2.75) is 44.9 Å². The first-order chi connectivity index (χ1) is 19.2. The first-order valence-corrected chi connectivity index (χ1v) is 13.3. The van der Waals surface area contributed by atoms with E-state index in [0.29, 0.717) is 16.8 Å². The van der Waals surface area contributed by atoms with Gasteiger partial charge in [-0.25, -0.2) is 14.3 Å². The van der Waals surface area contributed by atoms with Crippen molar-refractivity contribution < 1.29 is 14.6 Å². The Morgan fingerprint density at radius 1 is 1.18 bits per heavy atom. The summed E-state index contributed by atoms with van der Waals surface area (Å²) >= 11 is 0. The van der Waals surface area contributed by atoms with Gasteiger partial charge in [0.05, 0.1) is 40.7 Å². The maximum Gasteiger partial charge on any atom is 0.322 e. The summed E-state index contributed by atoms with van der Waals surface area (Å²) in [6.45, 7) is 6.79.